The number of aromatic nitrogens is 1. The van der Waals surface area contributed by atoms with Crippen LogP contribution >= 0.6 is 0 Å². The van der Waals surface area contributed by atoms with Crippen LogP contribution in [0.15, 0.2) is 77.8 Å². The maximum atomic E-state index is 14.0. The monoisotopic (exact) mass is 437 g/mol. The summed E-state index contributed by atoms with van der Waals surface area (Å²) in [6.45, 7) is 1.51. The van der Waals surface area contributed by atoms with Crippen LogP contribution < -0.4 is 9.47 Å². The number of rotatable bonds is 6. The van der Waals surface area contributed by atoms with Gasteiger partial charge >= 0.3 is 0 Å². The van der Waals surface area contributed by atoms with Crippen molar-refractivity contribution in [1.29, 1.82) is 0 Å². The van der Waals surface area contributed by atoms with E-state index in [2.05, 4.69) is 4.98 Å². The molecule has 3 aromatic carbocycles. The topological polar surface area (TPSA) is 65.5 Å². The zero-order chi connectivity index (χ0) is 22.0. The Hall–Kier alpha value is -3.45. The van der Waals surface area contributed by atoms with Gasteiger partial charge in [-0.2, -0.15) is 0 Å². The van der Waals surface area contributed by atoms with Crippen LogP contribution in [0.1, 0.15) is 6.92 Å². The highest BCUT2D eigenvalue weighted by atomic mass is 32.2. The molecule has 0 aliphatic carbocycles. The molecule has 31 heavy (non-hydrogen) atoms. The van der Waals surface area contributed by atoms with Gasteiger partial charge in [0.05, 0.1) is 17.8 Å². The van der Waals surface area contributed by atoms with E-state index in [1.54, 1.807) is 19.4 Å². The Morgan fingerprint density at radius 1 is 0.968 bits per heavy atom. The molecule has 0 fully saturated rings. The minimum atomic E-state index is -3.56. The maximum absolute atomic E-state index is 14.0. The van der Waals surface area contributed by atoms with Crippen LogP contribution in [0.25, 0.3) is 22.0 Å². The molecule has 1 aromatic heterocycles. The number of hydrogen-bond donors (Lipinski definition) is 0. The highest BCUT2D eigenvalue weighted by Gasteiger charge is 2.15. The van der Waals surface area contributed by atoms with Crippen LogP contribution in [0.4, 0.5) is 4.39 Å². The zero-order valence-corrected chi connectivity index (χ0v) is 17.8. The first-order valence-electron chi connectivity index (χ1n) is 9.64. The van der Waals surface area contributed by atoms with Crippen molar-refractivity contribution in [2.24, 2.45) is 0 Å². The summed E-state index contributed by atoms with van der Waals surface area (Å²) >= 11 is 0. The third-order valence-corrected chi connectivity index (χ3v) is 6.63. The molecule has 0 unspecified atom stereocenters. The lowest BCUT2D eigenvalue weighted by Crippen LogP contribution is -2.04. The largest absolute Gasteiger partial charge is 0.494 e. The molecule has 0 bridgehead atoms. The van der Waals surface area contributed by atoms with Crippen LogP contribution in [0.5, 0.6) is 17.2 Å². The fraction of sp³-hybridized carbons (Fsp3) is 0.125. The third kappa shape index (κ3) is 4.22. The van der Waals surface area contributed by atoms with Gasteiger partial charge in [0, 0.05) is 17.6 Å². The van der Waals surface area contributed by atoms with Crippen LogP contribution in [0, 0.1) is 5.82 Å². The second kappa shape index (κ2) is 8.35. The number of methoxy groups -OCH3 is 1. The second-order valence-electron chi connectivity index (χ2n) is 6.87. The van der Waals surface area contributed by atoms with Crippen molar-refractivity contribution in [3.63, 3.8) is 0 Å². The molecule has 0 radical (unpaired) electrons. The standard InChI is InChI=1S/C24H20FNO4S/c1-3-31(27,28)20-14-17(25)13-19(15-20)30-18-7-4-6-16(12-18)21-10-11-26-24-22(21)8-5-9-23(24)29-2/h4-15H,3H2,1-2H3. The summed E-state index contributed by atoms with van der Waals surface area (Å²) < 4.78 is 49.5. The highest BCUT2D eigenvalue weighted by molar-refractivity contribution is 7.91. The van der Waals surface area contributed by atoms with Crippen LogP contribution in [-0.4, -0.2) is 26.3 Å². The molecule has 0 N–H and O–H groups in total. The molecule has 0 atom stereocenters. The number of nitrogens with zero attached hydrogens (tertiary/aromatic N) is 1. The van der Waals surface area contributed by atoms with Gasteiger partial charge in [0.25, 0.3) is 0 Å². The number of fused-ring (bicyclic) bond motifs is 1. The predicted molar refractivity (Wildman–Crippen MR) is 118 cm³/mol. The first-order chi connectivity index (χ1) is 14.9. The van der Waals surface area contributed by atoms with Gasteiger partial charge < -0.3 is 9.47 Å². The molecular formula is C24H20FNO4S. The molecule has 7 heteroatoms. The number of para-hydroxylation sites is 1. The molecular weight excluding hydrogens is 417 g/mol. The Morgan fingerprint density at radius 2 is 1.77 bits per heavy atom. The summed E-state index contributed by atoms with van der Waals surface area (Å²) in [6, 6.07) is 18.4. The van der Waals surface area contributed by atoms with Crippen molar-refractivity contribution in [2.45, 2.75) is 11.8 Å². The summed E-state index contributed by atoms with van der Waals surface area (Å²) in [5.41, 5.74) is 2.55. The number of ether oxygens (including phenoxy) is 2. The fourth-order valence-electron chi connectivity index (χ4n) is 3.37. The quantitative estimate of drug-likeness (QED) is 0.391. The van der Waals surface area contributed by atoms with E-state index in [0.717, 1.165) is 34.2 Å². The summed E-state index contributed by atoms with van der Waals surface area (Å²) in [5, 5.41) is 0.918. The van der Waals surface area contributed by atoms with Crippen LogP contribution in [0.2, 0.25) is 0 Å². The Kier molecular flexibility index (Phi) is 5.61. The lowest BCUT2D eigenvalue weighted by Gasteiger charge is -2.12. The maximum Gasteiger partial charge on any atom is 0.178 e. The first-order valence-corrected chi connectivity index (χ1v) is 11.3. The Balaban J connectivity index is 1.74. The lowest BCUT2D eigenvalue weighted by atomic mass is 10.0. The van der Waals surface area contributed by atoms with Gasteiger partial charge in [0.15, 0.2) is 9.84 Å². The van der Waals surface area contributed by atoms with E-state index in [9.17, 15) is 12.8 Å². The minimum Gasteiger partial charge on any atom is -0.494 e. The van der Waals surface area contributed by atoms with Gasteiger partial charge in [-0.05, 0) is 47.5 Å². The molecule has 0 amide bonds. The van der Waals surface area contributed by atoms with Crippen molar-refractivity contribution in [2.75, 3.05) is 12.9 Å². The average molecular weight is 437 g/mol. The molecule has 0 aliphatic rings. The van der Waals surface area contributed by atoms with E-state index in [4.69, 9.17) is 9.47 Å². The van der Waals surface area contributed by atoms with Gasteiger partial charge in [-0.3, -0.25) is 4.98 Å². The SMILES string of the molecule is CCS(=O)(=O)c1cc(F)cc(Oc2cccc(-c3ccnc4c(OC)cccc34)c2)c1. The van der Waals surface area contributed by atoms with Gasteiger partial charge in [0.2, 0.25) is 0 Å². The Bertz CT molecular complexity index is 1370. The summed E-state index contributed by atoms with van der Waals surface area (Å²) in [5.74, 6) is 0.453. The van der Waals surface area contributed by atoms with E-state index in [1.165, 1.54) is 13.0 Å². The molecule has 0 spiro atoms. The number of hydrogen-bond acceptors (Lipinski definition) is 5. The fourth-order valence-corrected chi connectivity index (χ4v) is 4.29. The van der Waals surface area contributed by atoms with Crippen molar-refractivity contribution in [3.8, 4) is 28.4 Å². The van der Waals surface area contributed by atoms with Crippen molar-refractivity contribution in [1.82, 2.24) is 4.98 Å². The lowest BCUT2D eigenvalue weighted by molar-refractivity contribution is 0.419. The normalized spacial score (nSPS) is 11.5. The smallest absolute Gasteiger partial charge is 0.178 e. The summed E-state index contributed by atoms with van der Waals surface area (Å²) in [7, 11) is -1.96. The van der Waals surface area contributed by atoms with Crippen molar-refractivity contribution < 1.29 is 22.3 Å². The molecule has 0 saturated heterocycles. The summed E-state index contributed by atoms with van der Waals surface area (Å²) in [6.07, 6.45) is 1.71. The van der Waals surface area contributed by atoms with E-state index in [0.29, 0.717) is 11.5 Å². The van der Waals surface area contributed by atoms with Gasteiger partial charge in [-0.15, -0.1) is 0 Å². The third-order valence-electron chi connectivity index (χ3n) is 4.92. The van der Waals surface area contributed by atoms with E-state index < -0.39 is 15.7 Å². The zero-order valence-electron chi connectivity index (χ0n) is 17.0. The molecule has 5 nitrogen and oxygen atoms in total. The summed E-state index contributed by atoms with van der Waals surface area (Å²) in [4.78, 5) is 4.32. The number of pyridine rings is 1. The molecule has 158 valence electrons. The van der Waals surface area contributed by atoms with Gasteiger partial charge in [-0.25, -0.2) is 12.8 Å². The first kappa shape index (κ1) is 20.8. The number of halogens is 1. The predicted octanol–water partition coefficient (Wildman–Crippen LogP) is 5.64. The molecule has 0 aliphatic heterocycles. The molecule has 0 saturated carbocycles. The second-order valence-corrected chi connectivity index (χ2v) is 9.15. The molecule has 1 heterocycles. The van der Waals surface area contributed by atoms with E-state index in [1.807, 2.05) is 42.5 Å². The Labute approximate surface area is 180 Å². The average Bonchev–Trinajstić information content (AvgIpc) is 2.78. The van der Waals surface area contributed by atoms with Gasteiger partial charge in [-0.1, -0.05) is 31.2 Å². The minimum absolute atomic E-state index is 0.103. The molecule has 4 aromatic rings. The highest BCUT2D eigenvalue weighted by Crippen LogP contribution is 2.34. The van der Waals surface area contributed by atoms with Crippen LogP contribution in [-0.2, 0) is 9.84 Å². The van der Waals surface area contributed by atoms with Crippen LogP contribution in [0.3, 0.4) is 0 Å². The van der Waals surface area contributed by atoms with E-state index >= 15 is 0 Å². The number of sulfone groups is 1. The Morgan fingerprint density at radius 3 is 2.55 bits per heavy atom. The van der Waals surface area contributed by atoms with Gasteiger partial charge in [0.1, 0.15) is 28.6 Å². The van der Waals surface area contributed by atoms with E-state index in [-0.39, 0.29) is 16.4 Å². The van der Waals surface area contributed by atoms with Crippen molar-refractivity contribution >= 4 is 20.7 Å². The molecule has 4 rings (SSSR count). The number of benzene rings is 3. The van der Waals surface area contributed by atoms with Crippen molar-refractivity contribution in [3.05, 3.63) is 78.7 Å².